The highest BCUT2D eigenvalue weighted by Gasteiger charge is 2.26. The maximum Gasteiger partial charge on any atom is 0.387 e. The maximum absolute atomic E-state index is 12.3. The van der Waals surface area contributed by atoms with Gasteiger partial charge in [-0.25, -0.2) is 0 Å². The lowest BCUT2D eigenvalue weighted by molar-refractivity contribution is -0.0510. The van der Waals surface area contributed by atoms with Gasteiger partial charge < -0.3 is 10.5 Å². The van der Waals surface area contributed by atoms with Gasteiger partial charge in [0.05, 0.1) is 0 Å². The van der Waals surface area contributed by atoms with E-state index in [9.17, 15) is 8.78 Å². The average Bonchev–Trinajstić information content (AvgIpc) is 2.75. The second-order valence-corrected chi connectivity index (χ2v) is 4.64. The fourth-order valence-corrected chi connectivity index (χ4v) is 2.39. The highest BCUT2D eigenvalue weighted by molar-refractivity contribution is 5.35. The lowest BCUT2D eigenvalue weighted by atomic mass is 10.1. The summed E-state index contributed by atoms with van der Waals surface area (Å²) in [7, 11) is 0. The van der Waals surface area contributed by atoms with Crippen LogP contribution in [-0.2, 0) is 0 Å². The van der Waals surface area contributed by atoms with Crippen molar-refractivity contribution < 1.29 is 13.5 Å². The Labute approximate surface area is 106 Å². The zero-order valence-electron chi connectivity index (χ0n) is 10.4. The average molecular weight is 256 g/mol. The summed E-state index contributed by atoms with van der Waals surface area (Å²) in [6.45, 7) is 0.889. The van der Waals surface area contributed by atoms with Crippen molar-refractivity contribution in [3.63, 3.8) is 0 Å². The summed E-state index contributed by atoms with van der Waals surface area (Å²) in [4.78, 5) is 2.19. The maximum atomic E-state index is 12.3. The zero-order chi connectivity index (χ0) is 13.1. The second kappa shape index (κ2) is 5.63. The molecule has 1 fully saturated rings. The number of nitrogens with two attached hydrogens (primary N) is 1. The van der Waals surface area contributed by atoms with Gasteiger partial charge in [0.2, 0.25) is 0 Å². The third-order valence-corrected chi connectivity index (χ3v) is 3.39. The van der Waals surface area contributed by atoms with Crippen LogP contribution in [0.1, 0.15) is 24.9 Å². The molecule has 100 valence electrons. The van der Waals surface area contributed by atoms with E-state index in [2.05, 4.69) is 9.64 Å². The molecule has 0 bridgehead atoms. The third kappa shape index (κ3) is 2.97. The van der Waals surface area contributed by atoms with Gasteiger partial charge in [0.25, 0.3) is 0 Å². The molecule has 1 aromatic carbocycles. The largest absolute Gasteiger partial charge is 0.434 e. The van der Waals surface area contributed by atoms with E-state index in [0.717, 1.165) is 25.1 Å². The van der Waals surface area contributed by atoms with Crippen molar-refractivity contribution in [2.75, 3.05) is 13.1 Å². The quantitative estimate of drug-likeness (QED) is 0.899. The highest BCUT2D eigenvalue weighted by Crippen LogP contribution is 2.31. The van der Waals surface area contributed by atoms with E-state index in [-0.39, 0.29) is 17.8 Å². The first kappa shape index (κ1) is 13.2. The van der Waals surface area contributed by atoms with Crippen LogP contribution < -0.4 is 10.5 Å². The first-order valence-corrected chi connectivity index (χ1v) is 6.11. The van der Waals surface area contributed by atoms with Gasteiger partial charge in [-0.05, 0) is 19.4 Å². The van der Waals surface area contributed by atoms with Gasteiger partial charge >= 0.3 is 6.61 Å². The molecule has 0 saturated carbocycles. The van der Waals surface area contributed by atoms with Gasteiger partial charge in [0.1, 0.15) is 5.75 Å². The van der Waals surface area contributed by atoms with E-state index in [1.54, 1.807) is 12.1 Å². The molecule has 0 radical (unpaired) electrons. The SMILES string of the molecule is CC(c1ccccc1OC(F)F)N1CCC(N)C1. The Morgan fingerprint density at radius 2 is 2.11 bits per heavy atom. The van der Waals surface area contributed by atoms with Crippen molar-refractivity contribution in [3.05, 3.63) is 29.8 Å². The van der Waals surface area contributed by atoms with Crippen LogP contribution in [0.15, 0.2) is 24.3 Å². The van der Waals surface area contributed by atoms with Gasteiger partial charge in [-0.3, -0.25) is 4.90 Å². The molecule has 1 saturated heterocycles. The molecule has 0 aromatic heterocycles. The third-order valence-electron chi connectivity index (χ3n) is 3.39. The highest BCUT2D eigenvalue weighted by atomic mass is 19.3. The molecule has 0 spiro atoms. The molecule has 18 heavy (non-hydrogen) atoms. The number of likely N-dealkylation sites (tertiary alicyclic amines) is 1. The topological polar surface area (TPSA) is 38.5 Å². The lowest BCUT2D eigenvalue weighted by Gasteiger charge is -2.26. The number of alkyl halides is 2. The van der Waals surface area contributed by atoms with Gasteiger partial charge in [-0.2, -0.15) is 8.78 Å². The number of hydrogen-bond donors (Lipinski definition) is 1. The Kier molecular flexibility index (Phi) is 4.14. The Morgan fingerprint density at radius 3 is 2.72 bits per heavy atom. The molecule has 5 heteroatoms. The van der Waals surface area contributed by atoms with Crippen molar-refractivity contribution in [1.29, 1.82) is 0 Å². The molecule has 2 unspecified atom stereocenters. The van der Waals surface area contributed by atoms with Crippen LogP contribution >= 0.6 is 0 Å². The molecule has 1 aliphatic heterocycles. The van der Waals surface area contributed by atoms with Crippen molar-refractivity contribution in [2.45, 2.75) is 32.0 Å². The number of hydrogen-bond acceptors (Lipinski definition) is 3. The summed E-state index contributed by atoms with van der Waals surface area (Å²) in [6, 6.07) is 7.15. The molecule has 2 N–H and O–H groups in total. The Hall–Kier alpha value is -1.20. The van der Waals surface area contributed by atoms with Crippen LogP contribution in [-0.4, -0.2) is 30.6 Å². The first-order valence-electron chi connectivity index (χ1n) is 6.11. The monoisotopic (exact) mass is 256 g/mol. The fourth-order valence-electron chi connectivity index (χ4n) is 2.39. The van der Waals surface area contributed by atoms with Crippen molar-refractivity contribution in [2.24, 2.45) is 5.73 Å². The van der Waals surface area contributed by atoms with Crippen LogP contribution in [0.4, 0.5) is 8.78 Å². The molecular formula is C13H18F2N2O. The van der Waals surface area contributed by atoms with Crippen LogP contribution in [0, 0.1) is 0 Å². The predicted octanol–water partition coefficient (Wildman–Crippen LogP) is 2.38. The number of halogens is 2. The van der Waals surface area contributed by atoms with Crippen LogP contribution in [0.25, 0.3) is 0 Å². The Balaban J connectivity index is 2.16. The number of benzene rings is 1. The zero-order valence-corrected chi connectivity index (χ0v) is 10.4. The minimum atomic E-state index is -2.79. The van der Waals surface area contributed by atoms with Gasteiger partial charge in [-0.1, -0.05) is 18.2 Å². The molecule has 1 aromatic rings. The summed E-state index contributed by atoms with van der Waals surface area (Å²) in [6.07, 6.45) is 0.947. The minimum absolute atomic E-state index is 0.0356. The number of nitrogens with zero attached hydrogens (tertiary/aromatic N) is 1. The van der Waals surface area contributed by atoms with Gasteiger partial charge in [0.15, 0.2) is 0 Å². The van der Waals surface area contributed by atoms with Crippen LogP contribution in [0.5, 0.6) is 5.75 Å². The summed E-state index contributed by atoms with van der Waals surface area (Å²) >= 11 is 0. The second-order valence-electron chi connectivity index (χ2n) is 4.64. The number of para-hydroxylation sites is 1. The summed E-state index contributed by atoms with van der Waals surface area (Å²) in [5, 5.41) is 0. The molecule has 3 nitrogen and oxygen atoms in total. The van der Waals surface area contributed by atoms with E-state index < -0.39 is 6.61 Å². The van der Waals surface area contributed by atoms with Crippen molar-refractivity contribution in [3.8, 4) is 5.75 Å². The van der Waals surface area contributed by atoms with E-state index in [1.807, 2.05) is 19.1 Å². The Morgan fingerprint density at radius 1 is 1.39 bits per heavy atom. The van der Waals surface area contributed by atoms with Crippen LogP contribution in [0.2, 0.25) is 0 Å². The first-order chi connectivity index (χ1) is 8.58. The molecule has 2 rings (SSSR count). The molecule has 1 heterocycles. The molecule has 1 aliphatic rings. The van der Waals surface area contributed by atoms with Crippen molar-refractivity contribution >= 4 is 0 Å². The number of rotatable bonds is 4. The summed E-state index contributed by atoms with van der Waals surface area (Å²) in [5.74, 6) is 0.250. The standard InChI is InChI=1S/C13H18F2N2O/c1-9(17-7-6-10(16)8-17)11-4-2-3-5-12(11)18-13(14)15/h2-5,9-10,13H,6-8,16H2,1H3. The molecule has 0 aliphatic carbocycles. The van der Waals surface area contributed by atoms with E-state index in [4.69, 9.17) is 5.73 Å². The Bertz CT molecular complexity index is 400. The summed E-state index contributed by atoms with van der Waals surface area (Å²) < 4.78 is 29.3. The van der Waals surface area contributed by atoms with E-state index in [1.165, 1.54) is 0 Å². The van der Waals surface area contributed by atoms with Crippen molar-refractivity contribution in [1.82, 2.24) is 4.90 Å². The molecule has 0 amide bonds. The normalized spacial score (nSPS) is 22.4. The smallest absolute Gasteiger partial charge is 0.387 e. The minimum Gasteiger partial charge on any atom is -0.434 e. The van der Waals surface area contributed by atoms with Crippen LogP contribution in [0.3, 0.4) is 0 Å². The van der Waals surface area contributed by atoms with E-state index >= 15 is 0 Å². The van der Waals surface area contributed by atoms with Gasteiger partial charge in [0, 0.05) is 30.7 Å². The molecular weight excluding hydrogens is 238 g/mol. The lowest BCUT2D eigenvalue weighted by Crippen LogP contribution is -2.29. The number of ether oxygens (including phenoxy) is 1. The molecule has 2 atom stereocenters. The van der Waals surface area contributed by atoms with Gasteiger partial charge in [-0.15, -0.1) is 0 Å². The predicted molar refractivity (Wildman–Crippen MR) is 65.7 cm³/mol. The summed E-state index contributed by atoms with van der Waals surface area (Å²) in [5.41, 5.74) is 6.65. The van der Waals surface area contributed by atoms with E-state index in [0.29, 0.717) is 0 Å². The fraction of sp³-hybridized carbons (Fsp3) is 0.538.